The molecule has 1 atom stereocenters. The quantitative estimate of drug-likeness (QED) is 0.509. The first-order valence-corrected chi connectivity index (χ1v) is 9.79. The van der Waals surface area contributed by atoms with Crippen molar-refractivity contribution < 1.29 is 13.2 Å². The van der Waals surface area contributed by atoms with Crippen molar-refractivity contribution >= 4 is 22.5 Å². The van der Waals surface area contributed by atoms with Gasteiger partial charge in [-0.25, -0.2) is 9.97 Å². The van der Waals surface area contributed by atoms with Crippen LogP contribution in [-0.4, -0.2) is 14.5 Å². The van der Waals surface area contributed by atoms with Gasteiger partial charge in [0.25, 0.3) is 0 Å². The summed E-state index contributed by atoms with van der Waals surface area (Å²) in [6.07, 6.45) is -0.518. The molecule has 0 aliphatic heterocycles. The first kappa shape index (κ1) is 19.9. The average molecular weight is 421 g/mol. The van der Waals surface area contributed by atoms with E-state index in [0.717, 1.165) is 35.6 Å². The number of nitrogens with zero attached hydrogens (tertiary/aromatic N) is 4. The zero-order valence-electron chi connectivity index (χ0n) is 16.3. The zero-order valence-corrected chi connectivity index (χ0v) is 17.0. The van der Waals surface area contributed by atoms with Gasteiger partial charge in [0.1, 0.15) is 11.0 Å². The van der Waals surface area contributed by atoms with Gasteiger partial charge in [-0.15, -0.1) is 0 Å². The Balaban J connectivity index is 1.89. The molecule has 4 rings (SSSR count). The minimum absolute atomic E-state index is 0.181. The van der Waals surface area contributed by atoms with Gasteiger partial charge in [0, 0.05) is 11.4 Å². The molecule has 0 bridgehead atoms. The van der Waals surface area contributed by atoms with Crippen molar-refractivity contribution in [2.75, 3.05) is 0 Å². The highest BCUT2D eigenvalue weighted by Crippen LogP contribution is 2.38. The number of hydrogen-bond donors (Lipinski definition) is 0. The molecule has 0 spiro atoms. The van der Waals surface area contributed by atoms with Crippen LogP contribution in [-0.2, 0) is 6.18 Å². The highest BCUT2D eigenvalue weighted by Gasteiger charge is 2.33. The summed E-state index contributed by atoms with van der Waals surface area (Å²) < 4.78 is 42.0. The van der Waals surface area contributed by atoms with E-state index < -0.39 is 17.8 Å². The molecule has 0 radical (unpaired) electrons. The number of halogens is 4. The molecule has 0 saturated heterocycles. The van der Waals surface area contributed by atoms with E-state index in [1.54, 1.807) is 25.3 Å². The molecule has 2 heterocycles. The van der Waals surface area contributed by atoms with Crippen LogP contribution in [0.2, 0.25) is 5.15 Å². The number of alkyl halides is 3. The number of fused-ring (bicyclic) bond motifs is 1. The van der Waals surface area contributed by atoms with E-state index in [2.05, 4.69) is 19.5 Å². The third-order valence-electron chi connectivity index (χ3n) is 5.33. The Morgan fingerprint density at radius 2 is 1.97 bits per heavy atom. The first-order valence-electron chi connectivity index (χ1n) is 9.41. The van der Waals surface area contributed by atoms with Crippen molar-refractivity contribution in [1.29, 1.82) is 0 Å². The van der Waals surface area contributed by atoms with E-state index >= 15 is 0 Å². The van der Waals surface area contributed by atoms with Crippen LogP contribution in [0.3, 0.4) is 0 Å². The van der Waals surface area contributed by atoms with Gasteiger partial charge in [0.05, 0.1) is 23.3 Å². The molecule has 3 aromatic rings. The van der Waals surface area contributed by atoms with Gasteiger partial charge < -0.3 is 4.57 Å². The minimum Gasteiger partial charge on any atom is -0.325 e. The number of benzene rings is 1. The molecule has 8 heteroatoms. The number of aromatic nitrogens is 3. The summed E-state index contributed by atoms with van der Waals surface area (Å²) in [6.45, 7) is 5.16. The average Bonchev–Trinajstić information content (AvgIpc) is 3.46. The SMILES string of the molecule is Cc1c([C@@H](C)N=c2nc(C)n(C3CC3)c3cnc(Cl)cc23)cccc1C(F)(F)F. The molecule has 152 valence electrons. The Bertz CT molecular complexity index is 1160. The summed E-state index contributed by atoms with van der Waals surface area (Å²) in [6, 6.07) is 5.79. The summed E-state index contributed by atoms with van der Waals surface area (Å²) in [5, 5.41) is 1.07. The van der Waals surface area contributed by atoms with Crippen LogP contribution in [0.4, 0.5) is 13.2 Å². The highest BCUT2D eigenvalue weighted by molar-refractivity contribution is 6.30. The molecule has 2 aromatic heterocycles. The first-order chi connectivity index (χ1) is 13.7. The Hall–Kier alpha value is -2.41. The van der Waals surface area contributed by atoms with Crippen molar-refractivity contribution in [1.82, 2.24) is 14.5 Å². The van der Waals surface area contributed by atoms with Gasteiger partial charge in [-0.1, -0.05) is 23.7 Å². The Kier molecular flexibility index (Phi) is 4.89. The van der Waals surface area contributed by atoms with Gasteiger partial charge >= 0.3 is 6.18 Å². The fourth-order valence-corrected chi connectivity index (χ4v) is 3.95. The normalized spacial score (nSPS) is 16.4. The summed E-state index contributed by atoms with van der Waals surface area (Å²) in [5.41, 5.74) is 1.41. The molecule has 1 saturated carbocycles. The fourth-order valence-electron chi connectivity index (χ4n) is 3.79. The van der Waals surface area contributed by atoms with E-state index in [-0.39, 0.29) is 5.56 Å². The third kappa shape index (κ3) is 3.75. The minimum atomic E-state index is -4.40. The molecule has 1 aromatic carbocycles. The van der Waals surface area contributed by atoms with Crippen LogP contribution >= 0.6 is 11.6 Å². The summed E-state index contributed by atoms with van der Waals surface area (Å²) in [4.78, 5) is 13.5. The lowest BCUT2D eigenvalue weighted by Gasteiger charge is -2.17. The molecule has 4 nitrogen and oxygen atoms in total. The maximum Gasteiger partial charge on any atom is 0.416 e. The van der Waals surface area contributed by atoms with Crippen LogP contribution in [0.1, 0.15) is 54.4 Å². The lowest BCUT2D eigenvalue weighted by molar-refractivity contribution is -0.138. The Morgan fingerprint density at radius 1 is 1.24 bits per heavy atom. The second-order valence-electron chi connectivity index (χ2n) is 7.43. The second kappa shape index (κ2) is 7.13. The largest absolute Gasteiger partial charge is 0.416 e. The maximum atomic E-state index is 13.3. The van der Waals surface area contributed by atoms with E-state index in [1.165, 1.54) is 13.0 Å². The third-order valence-corrected chi connectivity index (χ3v) is 5.53. The standard InChI is InChI=1S/C21H20ClF3N4/c1-11-15(5-4-6-17(11)21(23,24)25)12(2)27-20-16-9-19(22)26-10-18(16)29(13(3)28-20)14-7-8-14/h4-6,9-10,12,14H,7-8H2,1-3H3/t12-/m1/s1. The predicted molar refractivity (Wildman–Crippen MR) is 106 cm³/mol. The lowest BCUT2D eigenvalue weighted by Crippen LogP contribution is -2.19. The monoisotopic (exact) mass is 420 g/mol. The number of rotatable bonds is 3. The zero-order chi connectivity index (χ0) is 20.9. The van der Waals surface area contributed by atoms with Gasteiger partial charge in [0.2, 0.25) is 0 Å². The van der Waals surface area contributed by atoms with E-state index in [9.17, 15) is 13.2 Å². The van der Waals surface area contributed by atoms with Crippen molar-refractivity contribution in [2.45, 2.75) is 51.9 Å². The molecule has 1 aliphatic rings. The van der Waals surface area contributed by atoms with Crippen molar-refractivity contribution in [2.24, 2.45) is 4.99 Å². The lowest BCUT2D eigenvalue weighted by atomic mass is 9.97. The fraction of sp³-hybridized carbons (Fsp3) is 0.381. The van der Waals surface area contributed by atoms with Crippen molar-refractivity contribution in [3.63, 3.8) is 0 Å². The second-order valence-corrected chi connectivity index (χ2v) is 7.82. The Morgan fingerprint density at radius 3 is 2.62 bits per heavy atom. The van der Waals surface area contributed by atoms with Gasteiger partial charge in [-0.2, -0.15) is 13.2 Å². The molecule has 1 fully saturated rings. The van der Waals surface area contributed by atoms with E-state index in [0.29, 0.717) is 22.2 Å². The molecule has 1 aliphatic carbocycles. The number of hydrogen-bond acceptors (Lipinski definition) is 3. The van der Waals surface area contributed by atoms with Crippen molar-refractivity contribution in [3.05, 3.63) is 63.6 Å². The maximum absolute atomic E-state index is 13.3. The van der Waals surface area contributed by atoms with Crippen LogP contribution in [0.25, 0.3) is 10.9 Å². The van der Waals surface area contributed by atoms with Gasteiger partial charge in [-0.3, -0.25) is 4.99 Å². The van der Waals surface area contributed by atoms with Crippen molar-refractivity contribution in [3.8, 4) is 0 Å². The van der Waals surface area contributed by atoms with Crippen LogP contribution < -0.4 is 5.49 Å². The molecular weight excluding hydrogens is 401 g/mol. The van der Waals surface area contributed by atoms with Crippen LogP contribution in [0.15, 0.2) is 35.5 Å². The summed E-state index contributed by atoms with van der Waals surface area (Å²) in [5.74, 6) is 0.802. The molecule has 0 N–H and O–H groups in total. The highest BCUT2D eigenvalue weighted by atomic mass is 35.5. The summed E-state index contributed by atoms with van der Waals surface area (Å²) >= 11 is 6.11. The van der Waals surface area contributed by atoms with Gasteiger partial charge in [-0.05, 0) is 56.9 Å². The molecule has 0 amide bonds. The summed E-state index contributed by atoms with van der Waals surface area (Å²) in [7, 11) is 0. The molecule has 29 heavy (non-hydrogen) atoms. The predicted octanol–water partition coefficient (Wildman–Crippen LogP) is 5.72. The smallest absolute Gasteiger partial charge is 0.325 e. The van der Waals surface area contributed by atoms with Crippen LogP contribution in [0.5, 0.6) is 0 Å². The van der Waals surface area contributed by atoms with E-state index in [1.807, 2.05) is 6.92 Å². The number of pyridine rings is 1. The topological polar surface area (TPSA) is 43.1 Å². The van der Waals surface area contributed by atoms with Gasteiger partial charge in [0.15, 0.2) is 5.49 Å². The molecular formula is C21H20ClF3N4. The van der Waals surface area contributed by atoms with E-state index in [4.69, 9.17) is 11.6 Å². The van der Waals surface area contributed by atoms with Crippen LogP contribution in [0, 0.1) is 13.8 Å². The molecule has 0 unspecified atom stereocenters. The number of aryl methyl sites for hydroxylation is 1. The Labute approximate surface area is 171 Å².